The van der Waals surface area contributed by atoms with Crippen LogP contribution in [0.2, 0.25) is 0 Å². The van der Waals surface area contributed by atoms with Crippen LogP contribution < -0.4 is 52.3 Å². The molecule has 2 aromatic rings. The monoisotopic (exact) mass is 930 g/mol. The summed E-state index contributed by atoms with van der Waals surface area (Å²) < 4.78 is 25.9. The van der Waals surface area contributed by atoms with Gasteiger partial charge in [0.2, 0.25) is 17.7 Å². The van der Waals surface area contributed by atoms with Crippen molar-refractivity contribution in [1.29, 1.82) is 0 Å². The van der Waals surface area contributed by atoms with E-state index in [4.69, 9.17) is 9.47 Å². The lowest BCUT2D eigenvalue weighted by Gasteiger charge is -2.33. The molecule has 0 radical (unpaired) electrons. The molecule has 5 unspecified atom stereocenters. The summed E-state index contributed by atoms with van der Waals surface area (Å²) in [6.45, 7) is 9.34. The molecule has 2 aromatic carbocycles. The van der Waals surface area contributed by atoms with Gasteiger partial charge >= 0.3 is 12.1 Å². The fourth-order valence-corrected chi connectivity index (χ4v) is 10.1. The number of nitrogens with one attached hydrogen (secondary N) is 8. The van der Waals surface area contributed by atoms with E-state index in [1.165, 1.54) is 24.9 Å². The van der Waals surface area contributed by atoms with Crippen molar-refractivity contribution < 1.29 is 37.8 Å². The Bertz CT molecular complexity index is 1920. The van der Waals surface area contributed by atoms with Crippen molar-refractivity contribution in [3.8, 4) is 11.5 Å². The number of carbonyl (C=O) groups is 5. The average Bonchev–Trinajstić information content (AvgIpc) is 3.92. The highest BCUT2D eigenvalue weighted by molar-refractivity contribution is 8.01. The standard InChI is InChI=1S/C42H63FN12O7S2/c1-26-22-44-40(59)48-39(26)64-35(38(58)45-27(2)33-11-10-32(61-5)21-34(33)43)12-13-36(56)53(4)23-30-24-55(51-50-30)18-19-62-31-8-6-28(7-9-31)46-41(60)49-42-47-29(25-63-42)20-37(57)54-16-14-52(3)15-17-54/h6-11,21,26-27,29-30,35,39,42,47,50-51H,12-20,22-25H2,1-5H3,(H,45,58)(H2,44,48,59)(H2,46,49,60)/t26?,27-,29?,30?,35-,39?,42?/m1/s1. The molecule has 4 saturated heterocycles. The minimum atomic E-state index is -0.690. The van der Waals surface area contributed by atoms with E-state index in [0.29, 0.717) is 62.0 Å². The molecular weight excluding hydrogens is 868 g/mol. The number of anilines is 1. The van der Waals surface area contributed by atoms with E-state index in [1.807, 2.05) is 16.8 Å². The van der Waals surface area contributed by atoms with Crippen molar-refractivity contribution >= 4 is 59.0 Å². The molecule has 6 rings (SSSR count). The van der Waals surface area contributed by atoms with Crippen LogP contribution >= 0.6 is 23.5 Å². The van der Waals surface area contributed by atoms with Gasteiger partial charge in [0.15, 0.2) is 0 Å². The maximum absolute atomic E-state index is 14.8. The predicted molar refractivity (Wildman–Crippen MR) is 245 cm³/mol. The number of halogens is 1. The summed E-state index contributed by atoms with van der Waals surface area (Å²) in [5.41, 5.74) is 6.98. The van der Waals surface area contributed by atoms with E-state index >= 15 is 0 Å². The Hall–Kier alpha value is -4.58. The van der Waals surface area contributed by atoms with Crippen molar-refractivity contribution in [2.24, 2.45) is 5.92 Å². The molecule has 7 atom stereocenters. The zero-order valence-electron chi connectivity index (χ0n) is 37.1. The van der Waals surface area contributed by atoms with Crippen LogP contribution in [0.15, 0.2) is 42.5 Å². The minimum absolute atomic E-state index is 0.00254. The van der Waals surface area contributed by atoms with E-state index in [9.17, 15) is 28.4 Å². The molecule has 64 heavy (non-hydrogen) atoms. The molecule has 8 N–H and O–H groups in total. The number of rotatable bonds is 19. The average molecular weight is 931 g/mol. The summed E-state index contributed by atoms with van der Waals surface area (Å²) in [4.78, 5) is 70.4. The van der Waals surface area contributed by atoms with Gasteiger partial charge < -0.3 is 50.8 Å². The number of carbonyl (C=O) groups excluding carboxylic acids is 5. The topological polar surface area (TPSA) is 213 Å². The number of benzene rings is 2. The highest BCUT2D eigenvalue weighted by atomic mass is 32.2. The molecule has 0 bridgehead atoms. The van der Waals surface area contributed by atoms with Crippen LogP contribution in [0.25, 0.3) is 0 Å². The maximum Gasteiger partial charge on any atom is 0.321 e. The Labute approximate surface area is 382 Å². The molecule has 4 fully saturated rings. The molecule has 4 aliphatic heterocycles. The van der Waals surface area contributed by atoms with Crippen molar-refractivity contribution in [1.82, 2.24) is 57.3 Å². The van der Waals surface area contributed by atoms with Crippen molar-refractivity contribution in [3.63, 3.8) is 0 Å². The number of hydrogen-bond acceptors (Lipinski definition) is 14. The Balaban J connectivity index is 0.880. The Morgan fingerprint density at radius 1 is 1.06 bits per heavy atom. The van der Waals surface area contributed by atoms with Gasteiger partial charge in [-0.2, -0.15) is 5.53 Å². The van der Waals surface area contributed by atoms with Crippen LogP contribution in [0.5, 0.6) is 11.5 Å². The quantitative estimate of drug-likeness (QED) is 0.101. The number of amides is 7. The van der Waals surface area contributed by atoms with E-state index in [0.717, 1.165) is 31.9 Å². The van der Waals surface area contributed by atoms with Gasteiger partial charge in [0.1, 0.15) is 29.4 Å². The number of urea groups is 2. The molecular formula is C42H63FN12O7S2. The number of thioether (sulfide) groups is 2. The first-order chi connectivity index (χ1) is 30.7. The lowest BCUT2D eigenvalue weighted by atomic mass is 10.1. The summed E-state index contributed by atoms with van der Waals surface area (Å²) in [6, 6.07) is 10.2. The Morgan fingerprint density at radius 2 is 1.81 bits per heavy atom. The molecule has 0 aliphatic carbocycles. The number of ether oxygens (including phenoxy) is 2. The van der Waals surface area contributed by atoms with Gasteiger partial charge in [0.05, 0.1) is 29.8 Å². The van der Waals surface area contributed by atoms with Crippen LogP contribution in [0.3, 0.4) is 0 Å². The number of hydrogen-bond donors (Lipinski definition) is 8. The summed E-state index contributed by atoms with van der Waals surface area (Å²) in [5, 5.41) is 18.6. The maximum atomic E-state index is 14.8. The lowest BCUT2D eigenvalue weighted by Crippen LogP contribution is -2.53. The molecule has 22 heteroatoms. The van der Waals surface area contributed by atoms with E-state index < -0.39 is 17.1 Å². The van der Waals surface area contributed by atoms with Gasteiger partial charge in [-0.25, -0.2) is 24.4 Å². The minimum Gasteiger partial charge on any atom is -0.497 e. The second kappa shape index (κ2) is 23.6. The zero-order valence-corrected chi connectivity index (χ0v) is 38.7. The second-order valence-corrected chi connectivity index (χ2v) is 19.1. The molecule has 4 aliphatic rings. The third-order valence-corrected chi connectivity index (χ3v) is 14.4. The number of likely N-dealkylation sites (N-methyl/N-ethyl adjacent to an activating group) is 2. The van der Waals surface area contributed by atoms with E-state index in [1.54, 1.807) is 67.0 Å². The molecule has 7 amide bonds. The third kappa shape index (κ3) is 14.5. The van der Waals surface area contributed by atoms with E-state index in [-0.39, 0.29) is 71.5 Å². The van der Waals surface area contributed by atoms with Gasteiger partial charge in [-0.1, -0.05) is 13.0 Å². The van der Waals surface area contributed by atoms with E-state index in [2.05, 4.69) is 54.8 Å². The first-order valence-corrected chi connectivity index (χ1v) is 23.7. The molecule has 19 nitrogen and oxygen atoms in total. The predicted octanol–water partition coefficient (Wildman–Crippen LogP) is 1.67. The SMILES string of the molecule is COc1ccc([C@@H](C)NC(=O)[C@@H](CCC(=O)N(C)CC2CN(CCOc3ccc(NC(=O)NC4NC(CC(=O)N5CCN(C)CC5)CS4)cc3)NN2)SC2NC(=O)NCC2C)c(F)c1. The van der Waals surface area contributed by atoms with Crippen LogP contribution in [0, 0.1) is 11.7 Å². The summed E-state index contributed by atoms with van der Waals surface area (Å²) in [5.74, 6) is 0.927. The summed E-state index contributed by atoms with van der Waals surface area (Å²) >= 11 is 2.86. The van der Waals surface area contributed by atoms with Crippen molar-refractivity contribution in [2.45, 2.75) is 67.4 Å². The third-order valence-electron chi connectivity index (χ3n) is 11.6. The molecule has 352 valence electrons. The van der Waals surface area contributed by atoms with Crippen molar-refractivity contribution in [2.75, 3.05) is 91.2 Å². The largest absolute Gasteiger partial charge is 0.497 e. The normalized spacial score (nSPS) is 23.6. The Morgan fingerprint density at radius 3 is 2.55 bits per heavy atom. The van der Waals surface area contributed by atoms with Crippen LogP contribution in [-0.4, -0.2) is 164 Å². The number of nitrogens with zero attached hydrogens (tertiary/aromatic N) is 4. The molecule has 0 aromatic heterocycles. The first kappa shape index (κ1) is 48.9. The summed E-state index contributed by atoms with van der Waals surface area (Å²) in [7, 11) is 5.24. The number of piperazine rings is 1. The van der Waals surface area contributed by atoms with Gasteiger partial charge in [0.25, 0.3) is 0 Å². The zero-order chi connectivity index (χ0) is 45.8. The van der Waals surface area contributed by atoms with Crippen molar-refractivity contribution in [3.05, 3.63) is 53.8 Å². The number of hydrazine groups is 2. The molecule has 0 spiro atoms. The molecule has 0 saturated carbocycles. The van der Waals surface area contributed by atoms with Crippen LogP contribution in [0.1, 0.15) is 44.7 Å². The number of methoxy groups -OCH3 is 1. The molecule has 4 heterocycles. The van der Waals surface area contributed by atoms with Gasteiger partial charge in [-0.3, -0.25) is 19.7 Å². The van der Waals surface area contributed by atoms with Gasteiger partial charge in [-0.05, 0) is 50.7 Å². The van der Waals surface area contributed by atoms with Crippen LogP contribution in [-0.2, 0) is 14.4 Å². The van der Waals surface area contributed by atoms with Crippen LogP contribution in [0.4, 0.5) is 19.7 Å². The second-order valence-electron chi connectivity index (χ2n) is 16.6. The first-order valence-electron chi connectivity index (χ1n) is 21.7. The fraction of sp³-hybridized carbons (Fsp3) is 0.595. The lowest BCUT2D eigenvalue weighted by molar-refractivity contribution is -0.133. The highest BCUT2D eigenvalue weighted by Crippen LogP contribution is 2.29. The van der Waals surface area contributed by atoms with Gasteiger partial charge in [-0.15, -0.1) is 23.5 Å². The highest BCUT2D eigenvalue weighted by Gasteiger charge is 2.34. The van der Waals surface area contributed by atoms with Gasteiger partial charge in [0, 0.05) is 107 Å². The Kier molecular flexibility index (Phi) is 18.0. The fourth-order valence-electron chi connectivity index (χ4n) is 7.64. The smallest absolute Gasteiger partial charge is 0.321 e. The summed E-state index contributed by atoms with van der Waals surface area (Å²) in [6.07, 6.45) is 0.719.